The SMILES string of the molecule is CC(CNS(=O)(=O)Cc1ccc(Cl)c(Cl)c1)N1CCc2ccccc2C1. The Labute approximate surface area is 165 Å². The number of sulfonamides is 1. The molecular weight excluding hydrogens is 391 g/mol. The van der Waals surface area contributed by atoms with E-state index in [0.29, 0.717) is 22.2 Å². The smallest absolute Gasteiger partial charge is 0.215 e. The van der Waals surface area contributed by atoms with Crippen molar-refractivity contribution >= 4 is 33.2 Å². The molecule has 7 heteroatoms. The summed E-state index contributed by atoms with van der Waals surface area (Å²) in [4.78, 5) is 2.31. The highest BCUT2D eigenvalue weighted by Crippen LogP contribution is 2.23. The summed E-state index contributed by atoms with van der Waals surface area (Å²) in [5.41, 5.74) is 3.33. The highest BCUT2D eigenvalue weighted by atomic mass is 35.5. The highest BCUT2D eigenvalue weighted by Gasteiger charge is 2.22. The third-order valence-electron chi connectivity index (χ3n) is 4.72. The van der Waals surface area contributed by atoms with Gasteiger partial charge in [0.15, 0.2) is 0 Å². The van der Waals surface area contributed by atoms with Crippen LogP contribution in [0.2, 0.25) is 10.0 Å². The van der Waals surface area contributed by atoms with Crippen molar-refractivity contribution in [2.24, 2.45) is 0 Å². The van der Waals surface area contributed by atoms with E-state index in [1.807, 2.05) is 6.07 Å². The standard InChI is InChI=1S/C19H22Cl2N2O2S/c1-14(23-9-8-16-4-2-3-5-17(16)12-23)11-22-26(24,25)13-15-6-7-18(20)19(21)10-15/h2-7,10,14,22H,8-9,11-13H2,1H3. The summed E-state index contributed by atoms with van der Waals surface area (Å²) in [6.07, 6.45) is 0.997. The topological polar surface area (TPSA) is 49.4 Å². The van der Waals surface area contributed by atoms with Crippen LogP contribution in [0.15, 0.2) is 42.5 Å². The molecule has 1 heterocycles. The van der Waals surface area contributed by atoms with E-state index in [9.17, 15) is 8.42 Å². The van der Waals surface area contributed by atoms with Crippen molar-refractivity contribution < 1.29 is 8.42 Å². The van der Waals surface area contributed by atoms with Crippen molar-refractivity contribution in [2.45, 2.75) is 31.7 Å². The van der Waals surface area contributed by atoms with Gasteiger partial charge in [-0.05, 0) is 42.2 Å². The van der Waals surface area contributed by atoms with Gasteiger partial charge in [-0.1, -0.05) is 53.5 Å². The molecule has 140 valence electrons. The zero-order valence-electron chi connectivity index (χ0n) is 14.6. The van der Waals surface area contributed by atoms with E-state index in [0.717, 1.165) is 19.5 Å². The van der Waals surface area contributed by atoms with Crippen LogP contribution in [0.1, 0.15) is 23.6 Å². The van der Waals surface area contributed by atoms with E-state index in [4.69, 9.17) is 23.2 Å². The van der Waals surface area contributed by atoms with E-state index in [-0.39, 0.29) is 11.8 Å². The number of benzene rings is 2. The summed E-state index contributed by atoms with van der Waals surface area (Å²) in [5, 5.41) is 0.777. The van der Waals surface area contributed by atoms with Gasteiger partial charge in [0.25, 0.3) is 0 Å². The van der Waals surface area contributed by atoms with E-state index in [1.54, 1.807) is 18.2 Å². The number of fused-ring (bicyclic) bond motifs is 1. The average Bonchev–Trinajstić information content (AvgIpc) is 2.62. The van der Waals surface area contributed by atoms with Gasteiger partial charge in [0, 0.05) is 25.7 Å². The molecule has 1 unspecified atom stereocenters. The Morgan fingerprint density at radius 1 is 1.12 bits per heavy atom. The first kappa shape index (κ1) is 19.6. The summed E-state index contributed by atoms with van der Waals surface area (Å²) in [5.74, 6) is -0.112. The van der Waals surface area contributed by atoms with Gasteiger partial charge in [-0.2, -0.15) is 0 Å². The van der Waals surface area contributed by atoms with Crippen molar-refractivity contribution in [1.82, 2.24) is 9.62 Å². The van der Waals surface area contributed by atoms with Gasteiger partial charge in [0.1, 0.15) is 0 Å². The first-order valence-electron chi connectivity index (χ1n) is 8.56. The lowest BCUT2D eigenvalue weighted by molar-refractivity contribution is 0.192. The van der Waals surface area contributed by atoms with Crippen LogP contribution in [-0.2, 0) is 28.7 Å². The molecule has 0 aliphatic carbocycles. The second-order valence-electron chi connectivity index (χ2n) is 6.69. The predicted molar refractivity (Wildman–Crippen MR) is 107 cm³/mol. The normalized spacial score (nSPS) is 16.3. The average molecular weight is 413 g/mol. The molecule has 0 bridgehead atoms. The van der Waals surface area contributed by atoms with E-state index >= 15 is 0 Å². The first-order valence-corrected chi connectivity index (χ1v) is 11.0. The molecule has 4 nitrogen and oxygen atoms in total. The second-order valence-corrected chi connectivity index (χ2v) is 9.32. The molecule has 0 spiro atoms. The molecule has 1 aliphatic heterocycles. The highest BCUT2D eigenvalue weighted by molar-refractivity contribution is 7.88. The maximum absolute atomic E-state index is 12.4. The molecule has 0 aromatic heterocycles. The van der Waals surface area contributed by atoms with Crippen LogP contribution < -0.4 is 4.72 Å². The van der Waals surface area contributed by atoms with E-state index < -0.39 is 10.0 Å². The molecule has 3 rings (SSSR count). The van der Waals surface area contributed by atoms with Crippen LogP contribution in [0.5, 0.6) is 0 Å². The van der Waals surface area contributed by atoms with Crippen molar-refractivity contribution in [3.63, 3.8) is 0 Å². The van der Waals surface area contributed by atoms with Gasteiger partial charge < -0.3 is 0 Å². The molecule has 0 radical (unpaired) electrons. The quantitative estimate of drug-likeness (QED) is 0.783. The first-order chi connectivity index (χ1) is 12.3. The summed E-state index contributed by atoms with van der Waals surface area (Å²) in [6, 6.07) is 13.4. The Morgan fingerprint density at radius 2 is 1.85 bits per heavy atom. The van der Waals surface area contributed by atoms with Crippen LogP contribution in [0.4, 0.5) is 0 Å². The van der Waals surface area contributed by atoms with Crippen molar-refractivity contribution in [1.29, 1.82) is 0 Å². The largest absolute Gasteiger partial charge is 0.295 e. The van der Waals surface area contributed by atoms with E-state index in [2.05, 4.69) is 34.7 Å². The number of nitrogens with one attached hydrogen (secondary N) is 1. The molecule has 0 fully saturated rings. The van der Waals surface area contributed by atoms with Crippen LogP contribution in [0.3, 0.4) is 0 Å². The third kappa shape index (κ3) is 4.99. The summed E-state index contributed by atoms with van der Waals surface area (Å²) in [6.45, 7) is 4.22. The van der Waals surface area contributed by atoms with Gasteiger partial charge in [-0.3, -0.25) is 4.90 Å². The Morgan fingerprint density at radius 3 is 2.58 bits per heavy atom. The second kappa shape index (κ2) is 8.28. The van der Waals surface area contributed by atoms with Gasteiger partial charge in [-0.15, -0.1) is 0 Å². The van der Waals surface area contributed by atoms with Crippen LogP contribution >= 0.6 is 23.2 Å². The number of rotatable bonds is 6. The monoisotopic (exact) mass is 412 g/mol. The fourth-order valence-corrected chi connectivity index (χ4v) is 4.71. The predicted octanol–water partition coefficient (Wildman–Crippen LogP) is 3.86. The molecule has 1 N–H and O–H groups in total. The van der Waals surface area contributed by atoms with Crippen LogP contribution in [0, 0.1) is 0 Å². The van der Waals surface area contributed by atoms with Gasteiger partial charge >= 0.3 is 0 Å². The number of hydrogen-bond donors (Lipinski definition) is 1. The minimum absolute atomic E-state index is 0.112. The maximum atomic E-state index is 12.4. The van der Waals surface area contributed by atoms with Crippen molar-refractivity contribution in [2.75, 3.05) is 13.1 Å². The minimum atomic E-state index is -3.44. The molecule has 26 heavy (non-hydrogen) atoms. The third-order valence-corrected chi connectivity index (χ3v) is 6.78. The summed E-state index contributed by atoms with van der Waals surface area (Å²) < 4.78 is 27.5. The number of halogens is 2. The Kier molecular flexibility index (Phi) is 6.25. The molecule has 2 aromatic rings. The summed E-state index contributed by atoms with van der Waals surface area (Å²) in [7, 11) is -3.44. The lowest BCUT2D eigenvalue weighted by atomic mass is 9.99. The van der Waals surface area contributed by atoms with E-state index in [1.165, 1.54) is 11.1 Å². The van der Waals surface area contributed by atoms with Gasteiger partial charge in [0.05, 0.1) is 15.8 Å². The fraction of sp³-hybridized carbons (Fsp3) is 0.368. The maximum Gasteiger partial charge on any atom is 0.215 e. The van der Waals surface area contributed by atoms with Gasteiger partial charge in [-0.25, -0.2) is 13.1 Å². The fourth-order valence-electron chi connectivity index (χ4n) is 3.17. The number of hydrogen-bond acceptors (Lipinski definition) is 3. The number of nitrogens with zero attached hydrogens (tertiary/aromatic N) is 1. The lowest BCUT2D eigenvalue weighted by Crippen LogP contribution is -2.44. The molecule has 0 saturated carbocycles. The Bertz CT molecular complexity index is 887. The molecule has 0 amide bonds. The zero-order valence-corrected chi connectivity index (χ0v) is 16.9. The molecular formula is C19H22Cl2N2O2S. The minimum Gasteiger partial charge on any atom is -0.295 e. The molecule has 0 saturated heterocycles. The Hall–Kier alpha value is -1.11. The van der Waals surface area contributed by atoms with Crippen molar-refractivity contribution in [3.8, 4) is 0 Å². The van der Waals surface area contributed by atoms with Gasteiger partial charge in [0.2, 0.25) is 10.0 Å². The molecule has 1 aliphatic rings. The summed E-state index contributed by atoms with van der Waals surface area (Å²) >= 11 is 11.8. The zero-order chi connectivity index (χ0) is 18.7. The Balaban J connectivity index is 1.56. The molecule has 1 atom stereocenters. The van der Waals surface area contributed by atoms with Crippen LogP contribution in [0.25, 0.3) is 0 Å². The van der Waals surface area contributed by atoms with Crippen LogP contribution in [-0.4, -0.2) is 32.4 Å². The van der Waals surface area contributed by atoms with Crippen molar-refractivity contribution in [3.05, 3.63) is 69.2 Å². The lowest BCUT2D eigenvalue weighted by Gasteiger charge is -2.33. The molecule has 2 aromatic carbocycles.